The smallest absolute Gasteiger partial charge is 0.394 e. The molecule has 6 rings (SSSR count). The molecule has 0 radical (unpaired) electrons. The number of aryl methyl sites for hydroxylation is 1. The van der Waals surface area contributed by atoms with Crippen molar-refractivity contribution >= 4 is 27.8 Å². The third-order valence-electron chi connectivity index (χ3n) is 8.17. The van der Waals surface area contributed by atoms with Gasteiger partial charge in [-0.15, -0.1) is 0 Å². The minimum absolute atomic E-state index is 0.0000983. The van der Waals surface area contributed by atoms with Crippen molar-refractivity contribution in [3.8, 4) is 0 Å². The van der Waals surface area contributed by atoms with Crippen LogP contribution in [0.1, 0.15) is 67.7 Å². The molecule has 6 aromatic rings. The number of halogens is 8. The van der Waals surface area contributed by atoms with Crippen LogP contribution in [-0.2, 0) is 38.3 Å². The maximum Gasteiger partial charge on any atom is 0.431 e. The van der Waals surface area contributed by atoms with Crippen molar-refractivity contribution in [2.24, 2.45) is 11.8 Å². The number of hydrogen-bond donors (Lipinski definition) is 3. The summed E-state index contributed by atoms with van der Waals surface area (Å²) in [5.74, 6) is -0.843. The molecule has 11 nitrogen and oxygen atoms in total. The lowest BCUT2D eigenvalue weighted by Crippen LogP contribution is -2.30. The normalized spacial score (nSPS) is 12.3. The summed E-state index contributed by atoms with van der Waals surface area (Å²) in [4.78, 5) is 46.3. The second kappa shape index (κ2) is 15.0. The van der Waals surface area contributed by atoms with Gasteiger partial charge in [0.25, 0.3) is 11.1 Å². The molecular weight excluding hydrogens is 730 g/mol. The molecule has 0 atom stereocenters. The van der Waals surface area contributed by atoms with Gasteiger partial charge < -0.3 is 15.7 Å². The summed E-state index contributed by atoms with van der Waals surface area (Å²) in [6.45, 7) is 8.29. The highest BCUT2D eigenvalue weighted by atomic mass is 19.4. The van der Waals surface area contributed by atoms with Crippen LogP contribution >= 0.6 is 0 Å². The lowest BCUT2D eigenvalue weighted by atomic mass is 10.1. The number of nitrogen functional groups attached to an aromatic ring is 1. The van der Waals surface area contributed by atoms with Gasteiger partial charge in [-0.25, -0.2) is 18.7 Å². The number of nitrogens with zero attached hydrogens (tertiary/aromatic N) is 6. The topological polar surface area (TPSA) is 153 Å². The molecule has 0 spiro atoms. The van der Waals surface area contributed by atoms with Crippen LogP contribution < -0.4 is 16.9 Å². The van der Waals surface area contributed by atoms with Gasteiger partial charge in [-0.1, -0.05) is 33.8 Å². The van der Waals surface area contributed by atoms with Crippen LogP contribution in [0, 0.1) is 30.4 Å². The Hall–Kier alpha value is -5.62. The number of pyridine rings is 4. The molecule has 4 N–H and O–H groups in total. The van der Waals surface area contributed by atoms with Crippen LogP contribution in [0.15, 0.2) is 46.2 Å². The number of anilines is 1. The average Bonchev–Trinajstić information content (AvgIpc) is 3.69. The van der Waals surface area contributed by atoms with Crippen LogP contribution in [-0.4, -0.2) is 39.0 Å². The maximum absolute atomic E-state index is 14.1. The van der Waals surface area contributed by atoms with E-state index in [1.807, 2.05) is 27.7 Å². The molecule has 54 heavy (non-hydrogen) atoms. The third kappa shape index (κ3) is 8.44. The Bertz CT molecular complexity index is 2270. The summed E-state index contributed by atoms with van der Waals surface area (Å²) >= 11 is 0. The molecular formula is C35H35F8N9O2. The molecule has 0 fully saturated rings. The van der Waals surface area contributed by atoms with Crippen molar-refractivity contribution in [3.05, 3.63) is 109 Å². The van der Waals surface area contributed by atoms with Crippen molar-refractivity contribution in [1.29, 1.82) is 0 Å². The zero-order valence-electron chi connectivity index (χ0n) is 29.5. The molecule has 0 unspecified atom stereocenters. The zero-order valence-corrected chi connectivity index (χ0v) is 29.5. The summed E-state index contributed by atoms with van der Waals surface area (Å²) in [6, 6.07) is 3.62. The van der Waals surface area contributed by atoms with E-state index in [1.165, 1.54) is 6.92 Å². The van der Waals surface area contributed by atoms with Crippen molar-refractivity contribution in [3.63, 3.8) is 0 Å². The Morgan fingerprint density at radius 1 is 0.685 bits per heavy atom. The van der Waals surface area contributed by atoms with Crippen molar-refractivity contribution in [2.75, 3.05) is 5.73 Å². The van der Waals surface area contributed by atoms with E-state index < -0.39 is 59.6 Å². The Balaban J connectivity index is 0.000000208. The van der Waals surface area contributed by atoms with E-state index in [-0.39, 0.29) is 45.8 Å². The van der Waals surface area contributed by atoms with Gasteiger partial charge >= 0.3 is 12.4 Å². The monoisotopic (exact) mass is 765 g/mol. The second-order valence-electron chi connectivity index (χ2n) is 13.5. The quantitative estimate of drug-likeness (QED) is 0.142. The number of aromatic amines is 2. The number of hydrogen-bond acceptors (Lipinski definition) is 7. The van der Waals surface area contributed by atoms with E-state index in [0.717, 1.165) is 36.7 Å². The fourth-order valence-corrected chi connectivity index (χ4v) is 5.75. The molecule has 6 aromatic heterocycles. The number of aromatic nitrogens is 8. The minimum Gasteiger partial charge on any atom is -0.394 e. The minimum atomic E-state index is -4.76. The number of nitrogens with two attached hydrogens (primary N) is 1. The summed E-state index contributed by atoms with van der Waals surface area (Å²) in [5, 5.41) is 0. The molecule has 0 amide bonds. The molecule has 0 aliphatic carbocycles. The first-order valence-electron chi connectivity index (χ1n) is 16.5. The Morgan fingerprint density at radius 2 is 1.09 bits per heavy atom. The van der Waals surface area contributed by atoms with Crippen LogP contribution in [0.5, 0.6) is 0 Å². The average molecular weight is 766 g/mol. The van der Waals surface area contributed by atoms with Gasteiger partial charge in [0.1, 0.15) is 34.1 Å². The molecule has 0 saturated heterocycles. The largest absolute Gasteiger partial charge is 0.431 e. The van der Waals surface area contributed by atoms with E-state index in [9.17, 15) is 44.7 Å². The summed E-state index contributed by atoms with van der Waals surface area (Å²) in [6.07, 6.45) is -6.30. The van der Waals surface area contributed by atoms with E-state index in [2.05, 4.69) is 29.9 Å². The van der Waals surface area contributed by atoms with Gasteiger partial charge in [0, 0.05) is 5.56 Å². The predicted molar refractivity (Wildman–Crippen MR) is 184 cm³/mol. The van der Waals surface area contributed by atoms with Crippen LogP contribution in [0.2, 0.25) is 0 Å². The number of alkyl halides is 6. The van der Waals surface area contributed by atoms with E-state index in [4.69, 9.17) is 5.73 Å². The predicted octanol–water partition coefficient (Wildman–Crippen LogP) is 6.94. The first-order chi connectivity index (χ1) is 25.1. The first-order valence-corrected chi connectivity index (χ1v) is 16.5. The number of imidazole rings is 2. The van der Waals surface area contributed by atoms with Gasteiger partial charge in [-0.3, -0.25) is 28.7 Å². The molecule has 0 bridgehead atoms. The number of nitrogens with one attached hydrogen (secondary N) is 2. The molecule has 0 saturated carbocycles. The van der Waals surface area contributed by atoms with Gasteiger partial charge in [-0.05, 0) is 49.8 Å². The summed E-state index contributed by atoms with van der Waals surface area (Å²) in [5.41, 5.74) is 3.05. The van der Waals surface area contributed by atoms with E-state index in [0.29, 0.717) is 44.4 Å². The Morgan fingerprint density at radius 3 is 1.50 bits per heavy atom. The molecule has 19 heteroatoms. The van der Waals surface area contributed by atoms with E-state index >= 15 is 0 Å². The summed E-state index contributed by atoms with van der Waals surface area (Å²) < 4.78 is 109. The lowest BCUT2D eigenvalue weighted by molar-refractivity contribution is -0.144. The Kier molecular flexibility index (Phi) is 11.0. The fourth-order valence-electron chi connectivity index (χ4n) is 5.75. The fraction of sp³-hybridized carbons (Fsp3) is 0.371. The van der Waals surface area contributed by atoms with Crippen molar-refractivity contribution in [1.82, 2.24) is 39.0 Å². The third-order valence-corrected chi connectivity index (χ3v) is 8.17. The highest BCUT2D eigenvalue weighted by molar-refractivity contribution is 5.78. The first kappa shape index (κ1) is 39.6. The van der Waals surface area contributed by atoms with Gasteiger partial charge in [-0.2, -0.15) is 26.3 Å². The zero-order chi connectivity index (χ0) is 39.9. The highest BCUT2D eigenvalue weighted by Gasteiger charge is 2.36. The summed E-state index contributed by atoms with van der Waals surface area (Å²) in [7, 11) is 0. The van der Waals surface area contributed by atoms with Crippen LogP contribution in [0.3, 0.4) is 0 Å². The number of rotatable bonds is 8. The van der Waals surface area contributed by atoms with Crippen molar-refractivity contribution in [2.45, 2.75) is 72.9 Å². The molecule has 6 heterocycles. The van der Waals surface area contributed by atoms with E-state index in [1.54, 1.807) is 0 Å². The molecule has 288 valence electrons. The number of H-pyrrole nitrogens is 2. The van der Waals surface area contributed by atoms with Gasteiger partial charge in [0.05, 0.1) is 53.6 Å². The van der Waals surface area contributed by atoms with Crippen molar-refractivity contribution < 1.29 is 35.1 Å². The van der Waals surface area contributed by atoms with Gasteiger partial charge in [0.15, 0.2) is 11.6 Å². The molecule has 0 aromatic carbocycles. The maximum atomic E-state index is 14.1. The highest BCUT2D eigenvalue weighted by Crippen LogP contribution is 2.31. The van der Waals surface area contributed by atoms with Crippen LogP contribution in [0.4, 0.5) is 40.8 Å². The Labute approximate surface area is 301 Å². The SMILES string of the molecule is CC(C)Cc1ncc(F)c2nc(Cn3c(C(F)(F)F)ccc(N)c3=O)[nH]c12.Cc1ccc(C(F)(F)F)n(Cc2nc3c(F)cnc(CC(C)C)c3[nH]2)c1=O. The van der Waals surface area contributed by atoms with Gasteiger partial charge in [0.2, 0.25) is 0 Å². The van der Waals surface area contributed by atoms with Crippen LogP contribution in [0.25, 0.3) is 22.1 Å². The lowest BCUT2D eigenvalue weighted by Gasteiger charge is -2.15. The molecule has 0 aliphatic heterocycles. The number of fused-ring (bicyclic) bond motifs is 2. The second-order valence-corrected chi connectivity index (χ2v) is 13.5. The molecule has 0 aliphatic rings. The standard InChI is InChI=1S/C18H18F4N4O.C17H17F4N5O/c1-9(2)6-12-16-15(11(19)7-23-12)24-14(25-16)8-26-13(18(20,21)22)5-4-10(3)17(26)27;1-8(2)5-11-15-14(9(18)6-23-11)24-13(25-15)7-26-12(17(19,20)21)4-3-10(22)16(26)27/h4-5,7,9H,6,8H2,1-3H3,(H,24,25);3-4,6,8H,5,7,22H2,1-2H3,(H,24,25).